The van der Waals surface area contributed by atoms with Crippen LogP contribution in [0.15, 0.2) is 54.6 Å². The van der Waals surface area contributed by atoms with E-state index < -0.39 is 0 Å². The number of para-hydroxylation sites is 2. The van der Waals surface area contributed by atoms with Crippen molar-refractivity contribution in [2.75, 3.05) is 12.8 Å². The minimum Gasteiger partial charge on any atom is -0.354 e. The normalized spacial score (nSPS) is 10.9. The Morgan fingerprint density at radius 3 is 2.67 bits per heavy atom. The molecule has 124 valence electrons. The van der Waals surface area contributed by atoms with E-state index in [1.165, 1.54) is 5.56 Å². The molecule has 0 saturated heterocycles. The Hall–Kier alpha value is -2.27. The Balaban J connectivity index is 1.65. The van der Waals surface area contributed by atoms with Crippen molar-refractivity contribution in [2.24, 2.45) is 0 Å². The Kier molecular flexibility index (Phi) is 5.54. The Morgan fingerprint density at radius 1 is 1.12 bits per heavy atom. The minimum atomic E-state index is 0.0245. The summed E-state index contributed by atoms with van der Waals surface area (Å²) in [4.78, 5) is 17.0. The summed E-state index contributed by atoms with van der Waals surface area (Å²) in [6.45, 7) is 0.957. The summed E-state index contributed by atoms with van der Waals surface area (Å²) in [7, 11) is 0. The molecule has 1 amide bonds. The predicted molar refractivity (Wildman–Crippen MR) is 100 cm³/mol. The van der Waals surface area contributed by atoms with Crippen molar-refractivity contribution in [3.05, 3.63) is 66.0 Å². The number of carbonyl (C=O) groups is 1. The monoisotopic (exact) mass is 339 g/mol. The fraction of sp³-hybridized carbons (Fsp3) is 0.263. The number of carbonyl (C=O) groups excluding carboxylic acids is 1. The molecule has 24 heavy (non-hydrogen) atoms. The van der Waals surface area contributed by atoms with Crippen LogP contribution in [0, 0.1) is 0 Å². The van der Waals surface area contributed by atoms with Crippen molar-refractivity contribution in [1.29, 1.82) is 0 Å². The molecule has 1 N–H and O–H groups in total. The van der Waals surface area contributed by atoms with Crippen LogP contribution in [0.2, 0.25) is 0 Å². The molecule has 0 fully saturated rings. The molecule has 2 aromatic carbocycles. The number of nitrogens with zero attached hydrogens (tertiary/aromatic N) is 2. The number of nitrogens with one attached hydrogen (secondary N) is 1. The summed E-state index contributed by atoms with van der Waals surface area (Å²) >= 11 is 1.71. The van der Waals surface area contributed by atoms with Crippen molar-refractivity contribution in [3.8, 4) is 0 Å². The van der Waals surface area contributed by atoms with Gasteiger partial charge in [0.25, 0.3) is 0 Å². The summed E-state index contributed by atoms with van der Waals surface area (Å²) in [5.74, 6) is 1.77. The highest BCUT2D eigenvalue weighted by Gasteiger charge is 2.12. The predicted octanol–water partition coefficient (Wildman–Crippen LogP) is 3.26. The van der Waals surface area contributed by atoms with Crippen molar-refractivity contribution >= 4 is 28.7 Å². The second-order valence-corrected chi connectivity index (χ2v) is 6.49. The molecule has 0 aliphatic heterocycles. The first-order chi connectivity index (χ1) is 11.8. The summed E-state index contributed by atoms with van der Waals surface area (Å²) in [5.41, 5.74) is 3.19. The number of rotatable bonds is 7. The van der Waals surface area contributed by atoms with Gasteiger partial charge in [-0.3, -0.25) is 4.79 Å². The van der Waals surface area contributed by atoms with Gasteiger partial charge in [0.05, 0.1) is 16.8 Å². The lowest BCUT2D eigenvalue weighted by Gasteiger charge is -2.09. The topological polar surface area (TPSA) is 46.9 Å². The minimum absolute atomic E-state index is 0.0245. The van der Waals surface area contributed by atoms with Gasteiger partial charge in [-0.2, -0.15) is 11.8 Å². The Morgan fingerprint density at radius 2 is 1.88 bits per heavy atom. The van der Waals surface area contributed by atoms with Crippen LogP contribution < -0.4 is 5.32 Å². The maximum atomic E-state index is 12.3. The molecule has 1 heterocycles. The van der Waals surface area contributed by atoms with Crippen molar-refractivity contribution in [3.63, 3.8) is 0 Å². The van der Waals surface area contributed by atoms with E-state index in [0.29, 0.717) is 13.1 Å². The van der Waals surface area contributed by atoms with Crippen LogP contribution in [-0.2, 0) is 23.5 Å². The van der Waals surface area contributed by atoms with Crippen molar-refractivity contribution in [2.45, 2.75) is 18.7 Å². The number of amides is 1. The van der Waals surface area contributed by atoms with Gasteiger partial charge in [-0.05, 0) is 30.4 Å². The summed E-state index contributed by atoms with van der Waals surface area (Å²) in [5, 5.41) is 3.01. The maximum absolute atomic E-state index is 12.3. The highest BCUT2D eigenvalue weighted by atomic mass is 32.2. The number of hydrogen-bond acceptors (Lipinski definition) is 3. The molecule has 1 aromatic heterocycles. The molecule has 0 atom stereocenters. The van der Waals surface area contributed by atoms with Crippen LogP contribution in [0.4, 0.5) is 0 Å². The third-order valence-electron chi connectivity index (χ3n) is 3.89. The molecule has 0 bridgehead atoms. The van der Waals surface area contributed by atoms with Gasteiger partial charge < -0.3 is 9.88 Å². The summed E-state index contributed by atoms with van der Waals surface area (Å²) in [6.07, 6.45) is 2.89. The average molecular weight is 339 g/mol. The highest BCUT2D eigenvalue weighted by molar-refractivity contribution is 7.97. The second kappa shape index (κ2) is 8.02. The van der Waals surface area contributed by atoms with E-state index in [-0.39, 0.29) is 5.91 Å². The van der Waals surface area contributed by atoms with Gasteiger partial charge in [0.15, 0.2) is 0 Å². The average Bonchev–Trinajstić information content (AvgIpc) is 2.94. The molecule has 0 saturated carbocycles. The summed E-state index contributed by atoms with van der Waals surface area (Å²) < 4.78 is 2.02. The van der Waals surface area contributed by atoms with E-state index >= 15 is 0 Å². The van der Waals surface area contributed by atoms with Crippen LogP contribution in [0.1, 0.15) is 11.4 Å². The first kappa shape index (κ1) is 16.6. The first-order valence-electron chi connectivity index (χ1n) is 8.01. The Bertz CT molecular complexity index is 814. The number of imidazole rings is 1. The van der Waals surface area contributed by atoms with Gasteiger partial charge >= 0.3 is 0 Å². The molecule has 3 aromatic rings. The van der Waals surface area contributed by atoms with Gasteiger partial charge in [0, 0.05) is 6.54 Å². The van der Waals surface area contributed by atoms with Gasteiger partial charge in [-0.15, -0.1) is 0 Å². The van der Waals surface area contributed by atoms with E-state index in [9.17, 15) is 4.79 Å². The van der Waals surface area contributed by atoms with Crippen molar-refractivity contribution < 1.29 is 4.79 Å². The lowest BCUT2D eigenvalue weighted by molar-refractivity contribution is -0.121. The number of hydrogen-bond donors (Lipinski definition) is 1. The van der Waals surface area contributed by atoms with E-state index in [2.05, 4.69) is 22.4 Å². The molecule has 5 heteroatoms. The number of aromatic nitrogens is 2. The van der Waals surface area contributed by atoms with Gasteiger partial charge in [-0.1, -0.05) is 42.5 Å². The van der Waals surface area contributed by atoms with Gasteiger partial charge in [-0.25, -0.2) is 4.98 Å². The van der Waals surface area contributed by atoms with Gasteiger partial charge in [0.2, 0.25) is 5.91 Å². The second-order valence-electron chi connectivity index (χ2n) is 5.62. The molecule has 0 aliphatic carbocycles. The van der Waals surface area contributed by atoms with Crippen LogP contribution in [0.25, 0.3) is 11.0 Å². The van der Waals surface area contributed by atoms with Gasteiger partial charge in [0.1, 0.15) is 12.4 Å². The zero-order valence-corrected chi connectivity index (χ0v) is 14.6. The maximum Gasteiger partial charge on any atom is 0.240 e. The molecule has 4 nitrogen and oxygen atoms in total. The SMILES string of the molecule is CSCc1nc2ccccc2n1CC(=O)NCCc1ccccc1. The zero-order valence-electron chi connectivity index (χ0n) is 13.7. The van der Waals surface area contributed by atoms with Crippen LogP contribution >= 0.6 is 11.8 Å². The molecule has 0 unspecified atom stereocenters. The van der Waals surface area contributed by atoms with Crippen LogP contribution in [0.3, 0.4) is 0 Å². The quantitative estimate of drug-likeness (QED) is 0.719. The molecule has 0 spiro atoms. The molecule has 0 aliphatic rings. The third-order valence-corrected chi connectivity index (χ3v) is 4.43. The van der Waals surface area contributed by atoms with Crippen LogP contribution in [-0.4, -0.2) is 28.3 Å². The number of benzene rings is 2. The molecular formula is C19H21N3OS. The largest absolute Gasteiger partial charge is 0.354 e. The Labute approximate surface area is 146 Å². The number of thioether (sulfide) groups is 1. The van der Waals surface area contributed by atoms with E-state index in [4.69, 9.17) is 0 Å². The van der Waals surface area contributed by atoms with Crippen LogP contribution in [0.5, 0.6) is 0 Å². The van der Waals surface area contributed by atoms with E-state index in [1.54, 1.807) is 11.8 Å². The zero-order chi connectivity index (χ0) is 16.8. The lowest BCUT2D eigenvalue weighted by Crippen LogP contribution is -2.29. The standard InChI is InChI=1S/C19H21N3OS/c1-24-14-18-21-16-9-5-6-10-17(16)22(18)13-19(23)20-12-11-15-7-3-2-4-8-15/h2-10H,11-14H2,1H3,(H,20,23). The fourth-order valence-electron chi connectivity index (χ4n) is 2.73. The number of fused-ring (bicyclic) bond motifs is 1. The first-order valence-corrected chi connectivity index (χ1v) is 9.41. The summed E-state index contributed by atoms with van der Waals surface area (Å²) in [6, 6.07) is 18.1. The molecule has 0 radical (unpaired) electrons. The lowest BCUT2D eigenvalue weighted by atomic mass is 10.1. The van der Waals surface area contributed by atoms with E-state index in [1.807, 2.05) is 53.3 Å². The van der Waals surface area contributed by atoms with E-state index in [0.717, 1.165) is 29.0 Å². The molecular weight excluding hydrogens is 318 g/mol. The highest BCUT2D eigenvalue weighted by Crippen LogP contribution is 2.18. The molecule has 3 rings (SSSR count). The third kappa shape index (κ3) is 3.97. The fourth-order valence-corrected chi connectivity index (χ4v) is 3.21. The smallest absolute Gasteiger partial charge is 0.240 e. The van der Waals surface area contributed by atoms with Crippen molar-refractivity contribution in [1.82, 2.24) is 14.9 Å².